The van der Waals surface area contributed by atoms with Crippen molar-refractivity contribution in [1.82, 2.24) is 0 Å². The Morgan fingerprint density at radius 2 is 1.00 bits per heavy atom. The summed E-state index contributed by atoms with van der Waals surface area (Å²) in [4.78, 5) is 37.6. The van der Waals surface area contributed by atoms with Crippen LogP contribution >= 0.6 is 38.8 Å². The maximum absolute atomic E-state index is 11.6. The maximum Gasteiger partial charge on any atom is 0.524 e. The number of rotatable bonds is 12. The van der Waals surface area contributed by atoms with Crippen molar-refractivity contribution in [2.24, 2.45) is 35.5 Å². The molecule has 0 heterocycles. The molecule has 4 atom stereocenters. The molecule has 8 bridgehead atoms. The minimum Gasteiger partial charge on any atom is -0.496 e. The van der Waals surface area contributed by atoms with E-state index < -0.39 is 15.6 Å². The lowest BCUT2D eigenvalue weighted by molar-refractivity contribution is -0.250. The summed E-state index contributed by atoms with van der Waals surface area (Å²) in [6.45, 7) is 0.227. The highest BCUT2D eigenvalue weighted by Crippen LogP contribution is 2.63. The van der Waals surface area contributed by atoms with Gasteiger partial charge >= 0.3 is 15.6 Å². The van der Waals surface area contributed by atoms with Gasteiger partial charge in [0.2, 0.25) is 0 Å². The molecule has 2 aromatic rings. The molecule has 0 saturated heterocycles. The summed E-state index contributed by atoms with van der Waals surface area (Å²) in [5, 5.41) is 0.207. The third-order valence-electron chi connectivity index (χ3n) is 12.5. The molecule has 8 fully saturated rings. The molecule has 53 heavy (non-hydrogen) atoms. The van der Waals surface area contributed by atoms with Gasteiger partial charge in [-0.2, -0.15) is 0 Å². The third-order valence-corrected chi connectivity index (χ3v) is 14.0. The lowest BCUT2D eigenvalue weighted by atomic mass is 9.51. The van der Waals surface area contributed by atoms with E-state index >= 15 is 0 Å². The van der Waals surface area contributed by atoms with Crippen LogP contribution in [0.2, 0.25) is 10.0 Å². The van der Waals surface area contributed by atoms with Gasteiger partial charge in [0.15, 0.2) is 11.5 Å². The smallest absolute Gasteiger partial charge is 0.496 e. The standard InChI is InChI=1S/C37H44Cl2O12P2/c1-46-34(22-3-5-28(38)30(11-22)50-52(40,41)42)32-24-7-20-8-25(32)16-36(13-20,15-24)48-19-49-37-14-21-9-26(17-37)33(27(10-21)18-37)35(47-2)23-4-6-29(39)31(12-23)51-53(43,44)45/h3-6,11-12,20-21,24-27H,7-10,13-19H2,1-2H3,(H2,40,41,42)(H2,43,44,45). The molecule has 2 aromatic carbocycles. The summed E-state index contributed by atoms with van der Waals surface area (Å²) in [6, 6.07) is 9.79. The molecule has 4 unspecified atom stereocenters. The highest BCUT2D eigenvalue weighted by Gasteiger charge is 2.57. The van der Waals surface area contributed by atoms with E-state index in [0.717, 1.165) is 64.2 Å². The highest BCUT2D eigenvalue weighted by atomic mass is 35.5. The van der Waals surface area contributed by atoms with Crippen LogP contribution in [0, 0.1) is 35.5 Å². The molecule has 0 radical (unpaired) electrons. The van der Waals surface area contributed by atoms with Crippen LogP contribution in [0.3, 0.4) is 0 Å². The van der Waals surface area contributed by atoms with Gasteiger partial charge in [0.05, 0.1) is 35.5 Å². The van der Waals surface area contributed by atoms with Gasteiger partial charge < -0.3 is 28.0 Å². The molecular weight excluding hydrogens is 769 g/mol. The number of halogens is 2. The number of hydrogen-bond donors (Lipinski definition) is 4. The van der Waals surface area contributed by atoms with E-state index in [-0.39, 0.29) is 63.2 Å². The molecule has 288 valence electrons. The molecule has 8 aliphatic rings. The van der Waals surface area contributed by atoms with Gasteiger partial charge in [-0.15, -0.1) is 0 Å². The lowest BCUT2D eigenvalue weighted by Crippen LogP contribution is -2.55. The zero-order chi connectivity index (χ0) is 37.5. The van der Waals surface area contributed by atoms with Crippen molar-refractivity contribution < 1.29 is 56.7 Å². The summed E-state index contributed by atoms with van der Waals surface area (Å²) in [5.74, 6) is 3.29. The van der Waals surface area contributed by atoms with Gasteiger partial charge in [-0.3, -0.25) is 19.6 Å². The minimum atomic E-state index is -4.80. The Kier molecular flexibility index (Phi) is 9.87. The molecule has 4 N–H and O–H groups in total. The second-order valence-electron chi connectivity index (χ2n) is 15.9. The van der Waals surface area contributed by atoms with Crippen molar-refractivity contribution in [3.63, 3.8) is 0 Å². The average molecular weight is 814 g/mol. The SMILES string of the molecule is COC(=C1C2CC3CC1CC(OCOC14CC5CC(C1)C(=C(OC)c1ccc(Cl)c(OP(=O)(O)O)c1)C(C5)C4)(C3)C2)c1ccc(Cl)c(OP(=O)(O)O)c1. The van der Waals surface area contributed by atoms with E-state index in [2.05, 4.69) is 0 Å². The van der Waals surface area contributed by atoms with Crippen LogP contribution in [0.1, 0.15) is 75.3 Å². The number of methoxy groups -OCH3 is 2. The first kappa shape index (κ1) is 37.8. The van der Waals surface area contributed by atoms with Gasteiger partial charge in [-0.05, 0) is 147 Å². The molecule has 8 saturated carbocycles. The number of phosphoric ester groups is 2. The van der Waals surface area contributed by atoms with Gasteiger partial charge in [-0.1, -0.05) is 23.2 Å². The number of hydrogen-bond acceptors (Lipinski definition) is 8. The molecule has 16 heteroatoms. The molecule has 8 aliphatic carbocycles. The summed E-state index contributed by atoms with van der Waals surface area (Å²) in [7, 11) is -6.36. The summed E-state index contributed by atoms with van der Waals surface area (Å²) in [6.07, 6.45) is 9.56. The summed E-state index contributed by atoms with van der Waals surface area (Å²) >= 11 is 12.4. The summed E-state index contributed by atoms with van der Waals surface area (Å²) in [5.41, 5.74) is 3.21. The number of allylic oxidation sites excluding steroid dienone is 2. The predicted octanol–water partition coefficient (Wildman–Crippen LogP) is 8.50. The Morgan fingerprint density at radius 3 is 1.32 bits per heavy atom. The van der Waals surface area contributed by atoms with Gasteiger partial charge in [0.1, 0.15) is 18.3 Å². The van der Waals surface area contributed by atoms with E-state index in [1.807, 2.05) is 0 Å². The Bertz CT molecular complexity index is 1780. The van der Waals surface area contributed by atoms with Crippen LogP contribution in [-0.2, 0) is 28.1 Å². The van der Waals surface area contributed by atoms with Crippen LogP contribution < -0.4 is 9.05 Å². The Morgan fingerprint density at radius 1 is 0.642 bits per heavy atom. The van der Waals surface area contributed by atoms with E-state index in [1.54, 1.807) is 38.5 Å². The highest BCUT2D eigenvalue weighted by molar-refractivity contribution is 7.47. The van der Waals surface area contributed by atoms with Crippen LogP contribution in [0.15, 0.2) is 47.5 Å². The van der Waals surface area contributed by atoms with Crippen molar-refractivity contribution in [2.75, 3.05) is 21.0 Å². The number of benzene rings is 2. The van der Waals surface area contributed by atoms with E-state index in [4.69, 9.17) is 51.2 Å². The molecular formula is C37H44Cl2O12P2. The number of ether oxygens (including phenoxy) is 4. The molecule has 0 spiro atoms. The van der Waals surface area contributed by atoms with Gasteiger partial charge in [-0.25, -0.2) is 9.13 Å². The zero-order valence-corrected chi connectivity index (χ0v) is 32.7. The van der Waals surface area contributed by atoms with Crippen LogP contribution in [0.4, 0.5) is 0 Å². The average Bonchev–Trinajstić information content (AvgIpc) is 3.05. The first-order chi connectivity index (χ1) is 25.1. The normalized spacial score (nSPS) is 32.6. The van der Waals surface area contributed by atoms with Crippen molar-refractivity contribution in [3.8, 4) is 11.5 Å². The minimum absolute atomic E-state index is 0.0916. The first-order valence-corrected chi connectivity index (χ1v) is 21.8. The Hall–Kier alpha value is -2.08. The molecule has 10 rings (SSSR count). The Labute approximate surface area is 318 Å². The fourth-order valence-corrected chi connectivity index (χ4v) is 12.5. The van der Waals surface area contributed by atoms with Gasteiger partial charge in [0, 0.05) is 11.1 Å². The van der Waals surface area contributed by atoms with Crippen molar-refractivity contribution >= 4 is 50.4 Å². The second kappa shape index (κ2) is 13.8. The zero-order valence-electron chi connectivity index (χ0n) is 29.4. The maximum atomic E-state index is 11.6. The first-order valence-electron chi connectivity index (χ1n) is 18.0. The molecule has 0 aliphatic heterocycles. The van der Waals surface area contributed by atoms with Crippen LogP contribution in [-0.4, -0.2) is 51.8 Å². The summed E-state index contributed by atoms with van der Waals surface area (Å²) < 4.78 is 58.5. The molecule has 0 amide bonds. The predicted molar refractivity (Wildman–Crippen MR) is 196 cm³/mol. The molecule has 0 aromatic heterocycles. The molecule has 12 nitrogen and oxygen atoms in total. The third kappa shape index (κ3) is 7.46. The number of phosphoric acid groups is 2. The lowest BCUT2D eigenvalue weighted by Gasteiger charge is -2.59. The van der Waals surface area contributed by atoms with Crippen molar-refractivity contribution in [2.45, 2.75) is 75.4 Å². The monoisotopic (exact) mass is 812 g/mol. The van der Waals surface area contributed by atoms with E-state index in [1.165, 1.54) is 23.3 Å². The van der Waals surface area contributed by atoms with E-state index in [9.17, 15) is 28.7 Å². The van der Waals surface area contributed by atoms with Crippen LogP contribution in [0.25, 0.3) is 11.5 Å². The topological polar surface area (TPSA) is 170 Å². The fourth-order valence-electron chi connectivity index (χ4n) is 11.3. The van der Waals surface area contributed by atoms with Gasteiger partial charge in [0.25, 0.3) is 0 Å². The largest absolute Gasteiger partial charge is 0.524 e. The Balaban J connectivity index is 0.977. The second-order valence-corrected chi connectivity index (χ2v) is 19.0. The fraction of sp³-hybridized carbons (Fsp3) is 0.568. The quantitative estimate of drug-likeness (QED) is 0.0917. The van der Waals surface area contributed by atoms with E-state index in [0.29, 0.717) is 34.5 Å². The van der Waals surface area contributed by atoms with Crippen molar-refractivity contribution in [1.29, 1.82) is 0 Å². The van der Waals surface area contributed by atoms with Crippen molar-refractivity contribution in [3.05, 3.63) is 68.7 Å². The van der Waals surface area contributed by atoms with Crippen LogP contribution in [0.5, 0.6) is 11.5 Å².